The van der Waals surface area contributed by atoms with Crippen LogP contribution >= 0.6 is 23.4 Å². The number of anilines is 1. The lowest BCUT2D eigenvalue weighted by molar-refractivity contribution is 0.224. The molecular formula is C20H24ClN3S. The molecule has 3 N–H and O–H groups in total. The van der Waals surface area contributed by atoms with Crippen LogP contribution in [0.3, 0.4) is 0 Å². The molecular weight excluding hydrogens is 350 g/mol. The van der Waals surface area contributed by atoms with Crippen LogP contribution in [0.2, 0.25) is 5.02 Å². The maximum Gasteiger partial charge on any atom is 0.0438 e. The number of hydrogen-bond acceptors (Lipinski definition) is 4. The first-order chi connectivity index (χ1) is 12.2. The van der Waals surface area contributed by atoms with Crippen molar-refractivity contribution in [2.75, 3.05) is 31.5 Å². The van der Waals surface area contributed by atoms with Crippen LogP contribution in [0.1, 0.15) is 24.0 Å². The number of nitrogens with two attached hydrogens (primary N) is 1. The second-order valence-electron chi connectivity index (χ2n) is 6.87. The molecule has 2 aromatic carbocycles. The normalized spacial score (nSPS) is 17.8. The van der Waals surface area contributed by atoms with E-state index in [4.69, 9.17) is 17.3 Å². The molecule has 0 amide bonds. The van der Waals surface area contributed by atoms with Gasteiger partial charge in [0, 0.05) is 59.1 Å². The van der Waals surface area contributed by atoms with E-state index in [9.17, 15) is 0 Å². The molecule has 5 heteroatoms. The van der Waals surface area contributed by atoms with Gasteiger partial charge in [-0.1, -0.05) is 41.6 Å². The van der Waals surface area contributed by atoms with Crippen molar-refractivity contribution in [3.8, 4) is 0 Å². The molecule has 2 aromatic rings. The Hall–Kier alpha value is -1.20. The molecule has 25 heavy (non-hydrogen) atoms. The Kier molecular flexibility index (Phi) is 5.23. The number of benzene rings is 2. The number of piperidine rings is 1. The van der Waals surface area contributed by atoms with Gasteiger partial charge >= 0.3 is 0 Å². The highest BCUT2D eigenvalue weighted by molar-refractivity contribution is 7.99. The van der Waals surface area contributed by atoms with E-state index in [2.05, 4.69) is 46.6 Å². The number of rotatable bonds is 4. The molecule has 2 aliphatic heterocycles. The van der Waals surface area contributed by atoms with Crippen molar-refractivity contribution in [3.05, 3.63) is 52.5 Å². The third-order valence-corrected chi connectivity index (χ3v) is 6.55. The summed E-state index contributed by atoms with van der Waals surface area (Å²) >= 11 is 8.25. The highest BCUT2D eigenvalue weighted by Crippen LogP contribution is 2.44. The minimum absolute atomic E-state index is 0.513. The van der Waals surface area contributed by atoms with E-state index in [1.165, 1.54) is 26.6 Å². The Morgan fingerprint density at radius 2 is 1.96 bits per heavy atom. The Balaban J connectivity index is 1.53. The van der Waals surface area contributed by atoms with E-state index in [1.54, 1.807) is 0 Å². The lowest BCUT2D eigenvalue weighted by atomic mass is 10.00. The zero-order valence-electron chi connectivity index (χ0n) is 14.3. The average molecular weight is 374 g/mol. The van der Waals surface area contributed by atoms with Crippen molar-refractivity contribution in [1.29, 1.82) is 0 Å². The van der Waals surface area contributed by atoms with Gasteiger partial charge in [0.05, 0.1) is 0 Å². The van der Waals surface area contributed by atoms with E-state index in [0.717, 1.165) is 50.5 Å². The van der Waals surface area contributed by atoms with Gasteiger partial charge < -0.3 is 16.0 Å². The topological polar surface area (TPSA) is 41.3 Å². The smallest absolute Gasteiger partial charge is 0.0438 e. The Morgan fingerprint density at radius 3 is 2.76 bits per heavy atom. The highest BCUT2D eigenvalue weighted by atomic mass is 35.5. The summed E-state index contributed by atoms with van der Waals surface area (Å²) in [7, 11) is 0. The molecule has 0 aromatic heterocycles. The summed E-state index contributed by atoms with van der Waals surface area (Å²) in [6.07, 6.45) is 3.29. The summed E-state index contributed by atoms with van der Waals surface area (Å²) in [6, 6.07) is 13.4. The first kappa shape index (κ1) is 17.2. The van der Waals surface area contributed by atoms with Gasteiger partial charge in [-0.25, -0.2) is 0 Å². The van der Waals surface area contributed by atoms with E-state index in [1.807, 2.05) is 11.8 Å². The summed E-state index contributed by atoms with van der Waals surface area (Å²) < 4.78 is 0. The SMILES string of the molecule is NCCN1CCC(Nc2cc(Cl)cc3c2Cc2ccccc2S3)CC1. The number of nitrogens with one attached hydrogen (secondary N) is 1. The molecule has 4 rings (SSSR count). The number of likely N-dealkylation sites (tertiary alicyclic amines) is 1. The van der Waals surface area contributed by atoms with E-state index in [-0.39, 0.29) is 0 Å². The molecule has 1 fully saturated rings. The Labute approximate surface area is 158 Å². The third-order valence-electron chi connectivity index (χ3n) is 5.13. The van der Waals surface area contributed by atoms with Crippen molar-refractivity contribution in [2.45, 2.75) is 35.1 Å². The van der Waals surface area contributed by atoms with Crippen LogP contribution < -0.4 is 11.1 Å². The van der Waals surface area contributed by atoms with Gasteiger partial charge in [-0.3, -0.25) is 0 Å². The molecule has 1 saturated heterocycles. The summed E-state index contributed by atoms with van der Waals surface area (Å²) in [6.45, 7) is 3.99. The first-order valence-corrected chi connectivity index (χ1v) is 10.2. The third kappa shape index (κ3) is 3.82. The van der Waals surface area contributed by atoms with Crippen molar-refractivity contribution in [1.82, 2.24) is 4.90 Å². The number of fused-ring (bicyclic) bond motifs is 2. The Bertz CT molecular complexity index is 757. The van der Waals surface area contributed by atoms with Crippen LogP contribution in [0.4, 0.5) is 5.69 Å². The van der Waals surface area contributed by atoms with E-state index >= 15 is 0 Å². The lowest BCUT2D eigenvalue weighted by Crippen LogP contribution is -2.41. The zero-order valence-corrected chi connectivity index (χ0v) is 15.9. The summed E-state index contributed by atoms with van der Waals surface area (Å²) in [5.41, 5.74) is 9.68. The predicted molar refractivity (Wildman–Crippen MR) is 107 cm³/mol. The quantitative estimate of drug-likeness (QED) is 0.718. The first-order valence-electron chi connectivity index (χ1n) is 9.00. The molecule has 0 unspecified atom stereocenters. The Morgan fingerprint density at radius 1 is 1.16 bits per heavy atom. The van der Waals surface area contributed by atoms with Gasteiger partial charge in [0.15, 0.2) is 0 Å². The van der Waals surface area contributed by atoms with Crippen LogP contribution in [0.15, 0.2) is 46.2 Å². The van der Waals surface area contributed by atoms with Crippen molar-refractivity contribution >= 4 is 29.1 Å². The van der Waals surface area contributed by atoms with Crippen molar-refractivity contribution < 1.29 is 0 Å². The molecule has 2 heterocycles. The van der Waals surface area contributed by atoms with Gasteiger partial charge in [-0.2, -0.15) is 0 Å². The minimum Gasteiger partial charge on any atom is -0.382 e. The second-order valence-corrected chi connectivity index (χ2v) is 8.39. The van der Waals surface area contributed by atoms with E-state index in [0.29, 0.717) is 6.04 Å². The molecule has 0 bridgehead atoms. The van der Waals surface area contributed by atoms with Gasteiger partial charge in [0.1, 0.15) is 0 Å². The summed E-state index contributed by atoms with van der Waals surface area (Å²) in [4.78, 5) is 5.09. The highest BCUT2D eigenvalue weighted by Gasteiger charge is 2.23. The molecule has 2 aliphatic rings. The molecule has 0 radical (unpaired) electrons. The molecule has 132 valence electrons. The van der Waals surface area contributed by atoms with Crippen LogP contribution in [0, 0.1) is 0 Å². The molecule has 3 nitrogen and oxygen atoms in total. The molecule has 0 aliphatic carbocycles. The van der Waals surface area contributed by atoms with Gasteiger partial charge in [0.2, 0.25) is 0 Å². The van der Waals surface area contributed by atoms with Crippen molar-refractivity contribution in [2.24, 2.45) is 5.73 Å². The molecule has 0 saturated carbocycles. The predicted octanol–water partition coefficient (Wildman–Crippen LogP) is 4.23. The monoisotopic (exact) mass is 373 g/mol. The van der Waals surface area contributed by atoms with Gasteiger partial charge in [-0.05, 0) is 42.2 Å². The fourth-order valence-corrected chi connectivity index (χ4v) is 5.20. The summed E-state index contributed by atoms with van der Waals surface area (Å²) in [5, 5.41) is 4.60. The molecule has 0 atom stereocenters. The van der Waals surface area contributed by atoms with Gasteiger partial charge in [-0.15, -0.1) is 0 Å². The van der Waals surface area contributed by atoms with Crippen LogP contribution in [0.5, 0.6) is 0 Å². The minimum atomic E-state index is 0.513. The maximum absolute atomic E-state index is 6.42. The maximum atomic E-state index is 6.42. The largest absolute Gasteiger partial charge is 0.382 e. The number of halogens is 1. The van der Waals surface area contributed by atoms with Crippen LogP contribution in [0.25, 0.3) is 0 Å². The zero-order chi connectivity index (χ0) is 17.2. The molecule has 0 spiro atoms. The standard InChI is InChI=1S/C20H24ClN3S/c21-15-12-18(23-16-5-8-24(9-6-16)10-7-22)17-11-14-3-1-2-4-19(14)25-20(17)13-15/h1-4,12-13,16,23H,5-11,22H2. The van der Waals surface area contributed by atoms with E-state index < -0.39 is 0 Å². The number of hydrogen-bond donors (Lipinski definition) is 2. The lowest BCUT2D eigenvalue weighted by Gasteiger charge is -2.33. The number of nitrogens with zero attached hydrogens (tertiary/aromatic N) is 1. The summed E-state index contributed by atoms with van der Waals surface area (Å²) in [5.74, 6) is 0. The fourth-order valence-electron chi connectivity index (χ4n) is 3.78. The average Bonchev–Trinajstić information content (AvgIpc) is 2.62. The van der Waals surface area contributed by atoms with Crippen LogP contribution in [-0.2, 0) is 6.42 Å². The van der Waals surface area contributed by atoms with Crippen molar-refractivity contribution in [3.63, 3.8) is 0 Å². The van der Waals surface area contributed by atoms with Gasteiger partial charge in [0.25, 0.3) is 0 Å². The fraction of sp³-hybridized carbons (Fsp3) is 0.400. The van der Waals surface area contributed by atoms with Crippen LogP contribution in [-0.4, -0.2) is 37.1 Å². The second kappa shape index (κ2) is 7.58.